The summed E-state index contributed by atoms with van der Waals surface area (Å²) in [4.78, 5) is 12.1. The Morgan fingerprint density at radius 3 is 2.41 bits per heavy atom. The smallest absolute Gasteiger partial charge is 0.409 e. The Bertz CT molecular complexity index is 396. The maximum atomic E-state index is 12.2. The second-order valence-electron chi connectivity index (χ2n) is 3.81. The highest BCUT2D eigenvalue weighted by Gasteiger charge is 2.13. The topological polar surface area (TPSA) is 29.5 Å². The van der Waals surface area contributed by atoms with Crippen molar-refractivity contribution in [1.29, 1.82) is 0 Å². The van der Waals surface area contributed by atoms with E-state index in [2.05, 4.69) is 4.74 Å². The van der Waals surface area contributed by atoms with Gasteiger partial charge in [0.25, 0.3) is 0 Å². The molecule has 3 nitrogen and oxygen atoms in total. The number of carbonyl (C=O) groups excluding carboxylic acids is 1. The number of hydrogen-bond donors (Lipinski definition) is 0. The van der Waals surface area contributed by atoms with Gasteiger partial charge in [0.05, 0.1) is 6.61 Å². The molecule has 1 fully saturated rings. The molecule has 0 aliphatic carbocycles. The quantitative estimate of drug-likeness (QED) is 0.701. The summed E-state index contributed by atoms with van der Waals surface area (Å²) in [6, 6.07) is 3.80. The van der Waals surface area contributed by atoms with Crippen LogP contribution < -0.4 is 0 Å². The molecular formula is C12H15F2NO2. The van der Waals surface area contributed by atoms with Gasteiger partial charge in [-0.15, -0.1) is 0 Å². The van der Waals surface area contributed by atoms with Gasteiger partial charge in [0, 0.05) is 13.6 Å². The highest BCUT2D eigenvalue weighted by atomic mass is 19.2. The molecule has 0 saturated carbocycles. The molecule has 0 N–H and O–H groups in total. The number of rotatable bonds is 0. The van der Waals surface area contributed by atoms with Gasteiger partial charge in [-0.1, -0.05) is 6.07 Å². The number of hydrogen-bond acceptors (Lipinski definition) is 2. The van der Waals surface area contributed by atoms with E-state index in [9.17, 15) is 13.6 Å². The van der Waals surface area contributed by atoms with Crippen LogP contribution in [-0.2, 0) is 4.74 Å². The molecule has 1 aromatic carbocycles. The lowest BCUT2D eigenvalue weighted by atomic mass is 10.2. The Morgan fingerprint density at radius 1 is 1.29 bits per heavy atom. The predicted molar refractivity (Wildman–Crippen MR) is 59.7 cm³/mol. The van der Waals surface area contributed by atoms with Gasteiger partial charge in [0.1, 0.15) is 0 Å². The third-order valence-electron chi connectivity index (χ3n) is 2.25. The molecule has 0 radical (unpaired) electrons. The molecule has 0 bridgehead atoms. The Hall–Kier alpha value is -1.65. The van der Waals surface area contributed by atoms with Crippen LogP contribution in [0, 0.1) is 18.6 Å². The molecule has 0 atom stereocenters. The summed E-state index contributed by atoms with van der Waals surface area (Å²) in [6.07, 6.45) is 0.763. The zero-order chi connectivity index (χ0) is 12.8. The van der Waals surface area contributed by atoms with Gasteiger partial charge in [0.15, 0.2) is 11.6 Å². The van der Waals surface area contributed by atoms with E-state index in [1.807, 2.05) is 0 Å². The summed E-state index contributed by atoms with van der Waals surface area (Å²) >= 11 is 0. The minimum Gasteiger partial charge on any atom is -0.449 e. The van der Waals surface area contributed by atoms with Crippen molar-refractivity contribution < 1.29 is 18.3 Å². The van der Waals surface area contributed by atoms with Crippen LogP contribution in [0.2, 0.25) is 0 Å². The lowest BCUT2D eigenvalue weighted by Gasteiger charge is -2.21. The van der Waals surface area contributed by atoms with Crippen LogP contribution in [0.1, 0.15) is 12.0 Å². The molecule has 0 aromatic heterocycles. The maximum absolute atomic E-state index is 12.2. The molecule has 1 heterocycles. The number of cyclic esters (lactones) is 1. The fraction of sp³-hybridized carbons (Fsp3) is 0.417. The zero-order valence-corrected chi connectivity index (χ0v) is 9.87. The van der Waals surface area contributed by atoms with E-state index in [4.69, 9.17) is 0 Å². The first-order chi connectivity index (χ1) is 8.00. The minimum atomic E-state index is -0.791. The summed E-state index contributed by atoms with van der Waals surface area (Å²) in [7, 11) is 1.74. The molecule has 1 aliphatic heterocycles. The van der Waals surface area contributed by atoms with Crippen LogP contribution >= 0.6 is 0 Å². The molecular weight excluding hydrogens is 228 g/mol. The highest BCUT2D eigenvalue weighted by molar-refractivity contribution is 5.67. The fourth-order valence-corrected chi connectivity index (χ4v) is 1.26. The van der Waals surface area contributed by atoms with E-state index in [0.29, 0.717) is 6.61 Å². The summed E-state index contributed by atoms with van der Waals surface area (Å²) in [5.74, 6) is -1.57. The monoisotopic (exact) mass is 243 g/mol. The second kappa shape index (κ2) is 6.18. The van der Waals surface area contributed by atoms with Crippen molar-refractivity contribution in [2.75, 3.05) is 20.2 Å². The normalized spacial score (nSPS) is 14.8. The lowest BCUT2D eigenvalue weighted by molar-refractivity contribution is 0.0831. The first-order valence-electron chi connectivity index (χ1n) is 5.30. The van der Waals surface area contributed by atoms with Gasteiger partial charge in [0.2, 0.25) is 0 Å². The Morgan fingerprint density at radius 2 is 2.00 bits per heavy atom. The Labute approximate surface area is 99.0 Å². The first-order valence-corrected chi connectivity index (χ1v) is 5.30. The largest absolute Gasteiger partial charge is 0.449 e. The molecule has 1 aromatic rings. The fourth-order valence-electron chi connectivity index (χ4n) is 1.26. The van der Waals surface area contributed by atoms with Crippen LogP contribution in [0.5, 0.6) is 0 Å². The Kier molecular flexibility index (Phi) is 4.87. The van der Waals surface area contributed by atoms with Gasteiger partial charge in [-0.2, -0.15) is 0 Å². The minimum absolute atomic E-state index is 0.198. The lowest BCUT2D eigenvalue weighted by Crippen LogP contribution is -2.33. The van der Waals surface area contributed by atoms with E-state index in [-0.39, 0.29) is 6.09 Å². The number of ether oxygens (including phenoxy) is 1. The standard InChI is InChI=1S/C7H6F2.C5H9NO2/c1-5-2-3-6(8)7(9)4-5;1-6-3-2-4-8-5(6)7/h2-4H,1H3;2-4H2,1H3. The average molecular weight is 243 g/mol. The zero-order valence-electron chi connectivity index (χ0n) is 9.87. The number of benzene rings is 1. The molecule has 0 spiro atoms. The van der Waals surface area contributed by atoms with E-state index in [0.717, 1.165) is 30.7 Å². The van der Waals surface area contributed by atoms with E-state index in [1.165, 1.54) is 6.07 Å². The van der Waals surface area contributed by atoms with E-state index >= 15 is 0 Å². The molecule has 94 valence electrons. The third kappa shape index (κ3) is 4.38. The van der Waals surface area contributed by atoms with Crippen molar-refractivity contribution in [1.82, 2.24) is 4.90 Å². The SMILES string of the molecule is CN1CCCOC1=O.Cc1ccc(F)c(F)c1. The van der Waals surface area contributed by atoms with Crippen LogP contribution in [0.4, 0.5) is 13.6 Å². The second-order valence-corrected chi connectivity index (χ2v) is 3.81. The molecule has 1 saturated heterocycles. The third-order valence-corrected chi connectivity index (χ3v) is 2.25. The van der Waals surface area contributed by atoms with E-state index in [1.54, 1.807) is 18.9 Å². The van der Waals surface area contributed by atoms with Crippen LogP contribution in [0.25, 0.3) is 0 Å². The molecule has 1 amide bonds. The number of carbonyl (C=O) groups is 1. The summed E-state index contributed by atoms with van der Waals surface area (Å²) < 4.78 is 29.0. The van der Waals surface area contributed by atoms with Crippen molar-refractivity contribution >= 4 is 6.09 Å². The van der Waals surface area contributed by atoms with Crippen LogP contribution in [-0.4, -0.2) is 31.2 Å². The number of halogens is 2. The molecule has 1 aliphatic rings. The number of aryl methyl sites for hydroxylation is 1. The van der Waals surface area contributed by atoms with Gasteiger partial charge in [-0.05, 0) is 31.0 Å². The van der Waals surface area contributed by atoms with Crippen molar-refractivity contribution in [2.24, 2.45) is 0 Å². The molecule has 2 rings (SSSR count). The van der Waals surface area contributed by atoms with Crippen molar-refractivity contribution in [3.63, 3.8) is 0 Å². The summed E-state index contributed by atoms with van der Waals surface area (Å²) in [5.41, 5.74) is 0.730. The van der Waals surface area contributed by atoms with Crippen molar-refractivity contribution in [2.45, 2.75) is 13.3 Å². The first kappa shape index (κ1) is 13.4. The number of nitrogens with zero attached hydrogens (tertiary/aromatic N) is 1. The predicted octanol–water partition coefficient (Wildman–Crippen LogP) is 2.73. The highest BCUT2D eigenvalue weighted by Crippen LogP contribution is 2.06. The molecule has 0 unspecified atom stereocenters. The van der Waals surface area contributed by atoms with Crippen molar-refractivity contribution in [3.05, 3.63) is 35.4 Å². The van der Waals surface area contributed by atoms with Gasteiger partial charge < -0.3 is 9.64 Å². The summed E-state index contributed by atoms with van der Waals surface area (Å²) in [5, 5.41) is 0. The number of amides is 1. The summed E-state index contributed by atoms with van der Waals surface area (Å²) in [6.45, 7) is 3.13. The van der Waals surface area contributed by atoms with Crippen LogP contribution in [0.3, 0.4) is 0 Å². The molecule has 17 heavy (non-hydrogen) atoms. The Balaban J connectivity index is 0.000000171. The van der Waals surface area contributed by atoms with Gasteiger partial charge in [-0.25, -0.2) is 13.6 Å². The van der Waals surface area contributed by atoms with Crippen molar-refractivity contribution in [3.8, 4) is 0 Å². The maximum Gasteiger partial charge on any atom is 0.409 e. The average Bonchev–Trinajstić information content (AvgIpc) is 2.29. The van der Waals surface area contributed by atoms with E-state index < -0.39 is 11.6 Å². The van der Waals surface area contributed by atoms with Gasteiger partial charge >= 0.3 is 6.09 Å². The van der Waals surface area contributed by atoms with Gasteiger partial charge in [-0.3, -0.25) is 0 Å². The van der Waals surface area contributed by atoms with Crippen LogP contribution in [0.15, 0.2) is 18.2 Å². The molecule has 5 heteroatoms.